The molecule has 1 aromatic carbocycles. The van der Waals surface area contributed by atoms with Crippen molar-refractivity contribution in [3.8, 4) is 0 Å². The molecule has 2 aromatic rings. The van der Waals surface area contributed by atoms with Crippen molar-refractivity contribution in [3.05, 3.63) is 46.7 Å². The van der Waals surface area contributed by atoms with Crippen LogP contribution in [0.3, 0.4) is 0 Å². The summed E-state index contributed by atoms with van der Waals surface area (Å²) in [5.41, 5.74) is 2.55. The fourth-order valence-corrected chi connectivity index (χ4v) is 3.65. The van der Waals surface area contributed by atoms with Gasteiger partial charge in [0.2, 0.25) is 11.8 Å². The first kappa shape index (κ1) is 22.2. The smallest absolute Gasteiger partial charge is 0.248 e. The van der Waals surface area contributed by atoms with Crippen LogP contribution in [0.25, 0.3) is 0 Å². The molecule has 152 valence electrons. The summed E-state index contributed by atoms with van der Waals surface area (Å²) in [6, 6.07) is 4.97. The first-order valence-electron chi connectivity index (χ1n) is 8.78. The van der Waals surface area contributed by atoms with Crippen molar-refractivity contribution in [2.75, 3.05) is 32.6 Å². The van der Waals surface area contributed by atoms with E-state index < -0.39 is 6.04 Å². The van der Waals surface area contributed by atoms with Crippen LogP contribution in [0.1, 0.15) is 29.5 Å². The maximum absolute atomic E-state index is 13.3. The first-order valence-corrected chi connectivity index (χ1v) is 9.16. The Hall–Kier alpha value is -2.09. The molecule has 0 aliphatic carbocycles. The molecule has 3 rings (SSSR count). The number of benzene rings is 1. The largest absolute Gasteiger partial charge is 0.349 e. The van der Waals surface area contributed by atoms with E-state index in [1.165, 1.54) is 0 Å². The third kappa shape index (κ3) is 4.32. The lowest BCUT2D eigenvalue weighted by atomic mass is 9.97. The minimum atomic E-state index is -0.509. The number of rotatable bonds is 5. The lowest BCUT2D eigenvalue weighted by molar-refractivity contribution is -0.129. The van der Waals surface area contributed by atoms with Gasteiger partial charge < -0.3 is 15.1 Å². The predicted molar refractivity (Wildman–Crippen MR) is 112 cm³/mol. The van der Waals surface area contributed by atoms with E-state index in [1.54, 1.807) is 47.9 Å². The number of hydrogen-bond acceptors (Lipinski definition) is 4. The highest BCUT2D eigenvalue weighted by Crippen LogP contribution is 2.41. The number of carbonyl (C=O) groups excluding carboxylic acids is 2. The summed E-state index contributed by atoms with van der Waals surface area (Å²) in [5.74, 6) is -0.129. The number of nitrogens with one attached hydrogen (secondary N) is 1. The molecular formula is C19H25Cl2N5O2. The third-order valence-electron chi connectivity index (χ3n) is 4.90. The molecule has 0 spiro atoms. The van der Waals surface area contributed by atoms with Gasteiger partial charge in [0.05, 0.1) is 6.20 Å². The van der Waals surface area contributed by atoms with Crippen LogP contribution in [0.15, 0.2) is 30.6 Å². The predicted octanol–water partition coefficient (Wildman–Crippen LogP) is 2.36. The highest BCUT2D eigenvalue weighted by molar-refractivity contribution is 6.30. The molecule has 28 heavy (non-hydrogen) atoms. The maximum Gasteiger partial charge on any atom is 0.248 e. The summed E-state index contributed by atoms with van der Waals surface area (Å²) in [7, 11) is 7.04. The fraction of sp³-hybridized carbons (Fsp3) is 0.421. The molecule has 1 aliphatic heterocycles. The minimum Gasteiger partial charge on any atom is -0.349 e. The average Bonchev–Trinajstić information content (AvgIpc) is 3.19. The first-order chi connectivity index (χ1) is 12.8. The Balaban J connectivity index is 0.00000280. The quantitative estimate of drug-likeness (QED) is 0.797. The van der Waals surface area contributed by atoms with Gasteiger partial charge in [0, 0.05) is 62.5 Å². The van der Waals surface area contributed by atoms with Crippen LogP contribution < -0.4 is 10.2 Å². The lowest BCUT2D eigenvalue weighted by Gasteiger charge is -2.23. The Kier molecular flexibility index (Phi) is 7.09. The van der Waals surface area contributed by atoms with E-state index in [-0.39, 0.29) is 30.1 Å². The normalized spacial score (nSPS) is 16.3. The van der Waals surface area contributed by atoms with Crippen LogP contribution in [0.4, 0.5) is 5.69 Å². The fourth-order valence-electron chi connectivity index (χ4n) is 3.47. The van der Waals surface area contributed by atoms with Crippen LogP contribution in [0.5, 0.6) is 0 Å². The summed E-state index contributed by atoms with van der Waals surface area (Å²) in [6.07, 6.45) is 3.84. The van der Waals surface area contributed by atoms with Crippen molar-refractivity contribution in [1.29, 1.82) is 0 Å². The topological polar surface area (TPSA) is 70.5 Å². The molecule has 0 fully saturated rings. The van der Waals surface area contributed by atoms with Gasteiger partial charge in [-0.05, 0) is 30.8 Å². The van der Waals surface area contributed by atoms with E-state index >= 15 is 0 Å². The minimum absolute atomic E-state index is 0. The van der Waals surface area contributed by atoms with E-state index in [0.717, 1.165) is 16.8 Å². The molecule has 1 N–H and O–H groups in total. The van der Waals surface area contributed by atoms with Crippen LogP contribution in [-0.2, 0) is 16.6 Å². The van der Waals surface area contributed by atoms with E-state index in [2.05, 4.69) is 10.4 Å². The summed E-state index contributed by atoms with van der Waals surface area (Å²) in [5, 5.41) is 7.84. The number of halogens is 2. The Morgan fingerprint density at radius 2 is 2.11 bits per heavy atom. The second-order valence-corrected chi connectivity index (χ2v) is 7.45. The van der Waals surface area contributed by atoms with Gasteiger partial charge in [0.1, 0.15) is 6.04 Å². The van der Waals surface area contributed by atoms with Crippen LogP contribution in [0, 0.1) is 0 Å². The van der Waals surface area contributed by atoms with Crippen molar-refractivity contribution in [2.45, 2.75) is 18.4 Å². The zero-order valence-corrected chi connectivity index (χ0v) is 17.9. The van der Waals surface area contributed by atoms with Crippen LogP contribution >= 0.6 is 24.0 Å². The summed E-state index contributed by atoms with van der Waals surface area (Å²) in [4.78, 5) is 28.9. The van der Waals surface area contributed by atoms with Crippen LogP contribution in [-0.4, -0.2) is 54.2 Å². The molecule has 1 aromatic heterocycles. The number of aromatic nitrogens is 2. The second-order valence-electron chi connectivity index (χ2n) is 7.01. The number of likely N-dealkylation sites (N-methyl/N-ethyl adjacent to an activating group) is 1. The molecule has 0 saturated carbocycles. The van der Waals surface area contributed by atoms with Crippen molar-refractivity contribution >= 4 is 41.5 Å². The van der Waals surface area contributed by atoms with Crippen molar-refractivity contribution in [1.82, 2.24) is 20.0 Å². The molecule has 2 amide bonds. The number of nitrogens with zero attached hydrogens (tertiary/aromatic N) is 4. The Morgan fingerprint density at radius 3 is 2.68 bits per heavy atom. The molecule has 9 heteroatoms. The van der Waals surface area contributed by atoms with E-state index in [4.69, 9.17) is 11.6 Å². The van der Waals surface area contributed by atoms with Gasteiger partial charge in [-0.25, -0.2) is 0 Å². The summed E-state index contributed by atoms with van der Waals surface area (Å²) < 4.78 is 1.67. The number of amides is 2. The van der Waals surface area contributed by atoms with Gasteiger partial charge in [-0.1, -0.05) is 11.6 Å². The van der Waals surface area contributed by atoms with E-state index in [0.29, 0.717) is 18.0 Å². The maximum atomic E-state index is 13.3. The zero-order chi connectivity index (χ0) is 19.7. The van der Waals surface area contributed by atoms with E-state index in [1.807, 2.05) is 25.4 Å². The SMILES string of the molecule is CNC(C(=O)N1CC(CC(=O)N(C)C)c2cc(Cl)ccc21)c1cnn(C)c1.Cl. The molecule has 7 nitrogen and oxygen atoms in total. The Morgan fingerprint density at radius 1 is 1.39 bits per heavy atom. The van der Waals surface area contributed by atoms with Gasteiger partial charge in [-0.15, -0.1) is 12.4 Å². The zero-order valence-electron chi connectivity index (χ0n) is 16.3. The van der Waals surface area contributed by atoms with Crippen molar-refractivity contribution < 1.29 is 9.59 Å². The van der Waals surface area contributed by atoms with Gasteiger partial charge in [-0.3, -0.25) is 14.3 Å². The molecular weight excluding hydrogens is 401 g/mol. The standard InChI is InChI=1S/C19H24ClN5O2.ClH/c1-21-18(13-9-22-24(4)10-13)19(27)25-11-12(7-17(26)23(2)3)15-8-14(20)5-6-16(15)25;/h5-6,8-10,12,18,21H,7,11H2,1-4H3;1H. The average molecular weight is 426 g/mol. The van der Waals surface area contributed by atoms with Crippen molar-refractivity contribution in [3.63, 3.8) is 0 Å². The third-order valence-corrected chi connectivity index (χ3v) is 5.14. The van der Waals surface area contributed by atoms with Crippen LogP contribution in [0.2, 0.25) is 5.02 Å². The number of aryl methyl sites for hydroxylation is 1. The lowest BCUT2D eigenvalue weighted by Crippen LogP contribution is -2.39. The Labute approximate surface area is 176 Å². The highest BCUT2D eigenvalue weighted by Gasteiger charge is 2.37. The number of carbonyl (C=O) groups is 2. The van der Waals surface area contributed by atoms with Gasteiger partial charge in [0.15, 0.2) is 0 Å². The monoisotopic (exact) mass is 425 g/mol. The molecule has 0 bridgehead atoms. The molecule has 0 radical (unpaired) electrons. The summed E-state index contributed by atoms with van der Waals surface area (Å²) in [6.45, 7) is 0.451. The Bertz CT molecular complexity index is 868. The van der Waals surface area contributed by atoms with E-state index in [9.17, 15) is 9.59 Å². The van der Waals surface area contributed by atoms with Gasteiger partial charge in [0.25, 0.3) is 0 Å². The molecule has 1 aliphatic rings. The number of hydrogen-bond donors (Lipinski definition) is 1. The molecule has 2 heterocycles. The van der Waals surface area contributed by atoms with Crippen molar-refractivity contribution in [2.24, 2.45) is 7.05 Å². The molecule has 0 saturated heterocycles. The van der Waals surface area contributed by atoms with Gasteiger partial charge >= 0.3 is 0 Å². The number of fused-ring (bicyclic) bond motifs is 1. The molecule has 2 unspecified atom stereocenters. The molecule has 2 atom stereocenters. The number of anilines is 1. The second kappa shape index (κ2) is 8.94. The summed E-state index contributed by atoms with van der Waals surface area (Å²) >= 11 is 6.18. The highest BCUT2D eigenvalue weighted by atomic mass is 35.5. The van der Waals surface area contributed by atoms with Gasteiger partial charge in [-0.2, -0.15) is 5.10 Å².